The first-order chi connectivity index (χ1) is 11.5. The number of hydrazone groups is 1. The van der Waals surface area contributed by atoms with Crippen molar-refractivity contribution in [2.45, 2.75) is 6.92 Å². The van der Waals surface area contributed by atoms with Gasteiger partial charge in [0.25, 0.3) is 5.91 Å². The van der Waals surface area contributed by atoms with Gasteiger partial charge in [-0.05, 0) is 48.0 Å². The number of halogens is 1. The van der Waals surface area contributed by atoms with E-state index in [0.717, 1.165) is 0 Å². The van der Waals surface area contributed by atoms with Gasteiger partial charge in [-0.15, -0.1) is 0 Å². The summed E-state index contributed by atoms with van der Waals surface area (Å²) in [6.07, 6.45) is 1.40. The quantitative estimate of drug-likeness (QED) is 0.395. The third-order valence-electron chi connectivity index (χ3n) is 2.93. The van der Waals surface area contributed by atoms with Crippen molar-refractivity contribution in [3.8, 4) is 11.5 Å². The summed E-state index contributed by atoms with van der Waals surface area (Å²) in [5.41, 5.74) is 3.25. The lowest BCUT2D eigenvalue weighted by Gasteiger charge is -2.08. The zero-order valence-corrected chi connectivity index (χ0v) is 13.1. The molecule has 2 aromatic rings. The molecular weight excluding hydrogens is 315 g/mol. The molecule has 1 amide bonds. The van der Waals surface area contributed by atoms with Crippen LogP contribution < -0.4 is 14.9 Å². The van der Waals surface area contributed by atoms with Crippen LogP contribution in [0.5, 0.6) is 11.5 Å². The minimum absolute atomic E-state index is 0.288. The van der Waals surface area contributed by atoms with Gasteiger partial charge in [0.05, 0.1) is 13.3 Å². The molecule has 0 fully saturated rings. The Kier molecular flexibility index (Phi) is 5.62. The average molecular weight is 330 g/mol. The molecule has 0 saturated carbocycles. The Morgan fingerprint density at radius 2 is 1.83 bits per heavy atom. The molecule has 0 atom stereocenters. The number of hydrogen-bond donors (Lipinski definition) is 1. The number of hydrogen-bond acceptors (Lipinski definition) is 5. The number of benzene rings is 2. The number of carbonyl (C=O) groups excluding carboxylic acids is 2. The van der Waals surface area contributed by atoms with E-state index in [0.29, 0.717) is 11.3 Å². The molecule has 2 aromatic carbocycles. The molecule has 1 N–H and O–H groups in total. The smallest absolute Gasteiger partial charge is 0.308 e. The van der Waals surface area contributed by atoms with E-state index < -0.39 is 17.7 Å². The van der Waals surface area contributed by atoms with E-state index in [4.69, 9.17) is 9.47 Å². The maximum absolute atomic E-state index is 12.8. The third-order valence-corrected chi connectivity index (χ3v) is 2.93. The van der Waals surface area contributed by atoms with E-state index >= 15 is 0 Å². The van der Waals surface area contributed by atoms with E-state index in [9.17, 15) is 14.0 Å². The minimum atomic E-state index is -0.463. The number of esters is 1. The van der Waals surface area contributed by atoms with Crippen molar-refractivity contribution < 1.29 is 23.5 Å². The van der Waals surface area contributed by atoms with E-state index in [2.05, 4.69) is 10.5 Å². The topological polar surface area (TPSA) is 77.0 Å². The van der Waals surface area contributed by atoms with Crippen molar-refractivity contribution in [2.24, 2.45) is 5.10 Å². The molecule has 0 bridgehead atoms. The van der Waals surface area contributed by atoms with E-state index in [1.807, 2.05) is 0 Å². The fourth-order valence-corrected chi connectivity index (χ4v) is 1.83. The molecule has 124 valence electrons. The van der Waals surface area contributed by atoms with Gasteiger partial charge in [0.2, 0.25) is 0 Å². The molecule has 7 heteroatoms. The van der Waals surface area contributed by atoms with Crippen molar-refractivity contribution in [1.29, 1.82) is 0 Å². The van der Waals surface area contributed by atoms with Crippen molar-refractivity contribution in [2.75, 3.05) is 7.11 Å². The summed E-state index contributed by atoms with van der Waals surface area (Å²) in [7, 11) is 1.44. The Bertz CT molecular complexity index is 773. The first kappa shape index (κ1) is 17.1. The zero-order valence-electron chi connectivity index (χ0n) is 13.1. The Morgan fingerprint density at radius 3 is 2.46 bits per heavy atom. The van der Waals surface area contributed by atoms with Gasteiger partial charge < -0.3 is 9.47 Å². The Hall–Kier alpha value is -3.22. The van der Waals surface area contributed by atoms with Crippen LogP contribution in [0.4, 0.5) is 4.39 Å². The summed E-state index contributed by atoms with van der Waals surface area (Å²) in [6.45, 7) is 1.29. The summed E-state index contributed by atoms with van der Waals surface area (Å²) < 4.78 is 22.9. The number of ether oxygens (including phenoxy) is 2. The Morgan fingerprint density at radius 1 is 1.12 bits per heavy atom. The van der Waals surface area contributed by atoms with Crippen molar-refractivity contribution in [3.63, 3.8) is 0 Å². The summed E-state index contributed by atoms with van der Waals surface area (Å²) in [4.78, 5) is 22.8. The van der Waals surface area contributed by atoms with E-state index in [1.54, 1.807) is 18.2 Å². The minimum Gasteiger partial charge on any atom is -0.493 e. The van der Waals surface area contributed by atoms with Gasteiger partial charge in [-0.2, -0.15) is 5.10 Å². The average Bonchev–Trinajstić information content (AvgIpc) is 2.56. The van der Waals surface area contributed by atoms with Gasteiger partial charge in [0, 0.05) is 12.5 Å². The number of amides is 1. The van der Waals surface area contributed by atoms with E-state index in [-0.39, 0.29) is 11.3 Å². The van der Waals surface area contributed by atoms with Crippen molar-refractivity contribution >= 4 is 18.1 Å². The van der Waals surface area contributed by atoms with Crippen LogP contribution in [0.2, 0.25) is 0 Å². The van der Waals surface area contributed by atoms with Gasteiger partial charge in [0.15, 0.2) is 11.5 Å². The van der Waals surface area contributed by atoms with Crippen molar-refractivity contribution in [3.05, 3.63) is 59.4 Å². The molecule has 0 aliphatic rings. The summed E-state index contributed by atoms with van der Waals surface area (Å²) in [5, 5.41) is 3.82. The number of rotatable bonds is 5. The van der Waals surface area contributed by atoms with Crippen LogP contribution in [-0.2, 0) is 4.79 Å². The summed E-state index contributed by atoms with van der Waals surface area (Å²) in [6, 6.07) is 9.91. The molecular formula is C17H15FN2O4. The second kappa shape index (κ2) is 7.87. The standard InChI is InChI=1S/C17H15FN2O4/c1-11(21)24-15-8-3-12(9-16(15)23-2)10-19-20-17(22)13-4-6-14(18)7-5-13/h3-10H,1-2H3,(H,20,22)/b19-10+. The normalized spacial score (nSPS) is 10.5. The fraction of sp³-hybridized carbons (Fsp3) is 0.118. The molecule has 2 rings (SSSR count). The number of nitrogens with zero attached hydrogens (tertiary/aromatic N) is 1. The molecule has 0 saturated heterocycles. The van der Waals surface area contributed by atoms with Gasteiger partial charge in [-0.25, -0.2) is 9.82 Å². The van der Waals surface area contributed by atoms with Crippen molar-refractivity contribution in [1.82, 2.24) is 5.43 Å². The molecule has 6 nitrogen and oxygen atoms in total. The fourth-order valence-electron chi connectivity index (χ4n) is 1.83. The highest BCUT2D eigenvalue weighted by Gasteiger charge is 2.07. The first-order valence-electron chi connectivity index (χ1n) is 6.95. The highest BCUT2D eigenvalue weighted by atomic mass is 19.1. The van der Waals surface area contributed by atoms with Gasteiger partial charge in [-0.1, -0.05) is 0 Å². The monoisotopic (exact) mass is 330 g/mol. The number of carbonyl (C=O) groups is 2. The van der Waals surface area contributed by atoms with Crippen LogP contribution in [0, 0.1) is 5.82 Å². The lowest BCUT2D eigenvalue weighted by atomic mass is 10.2. The van der Waals surface area contributed by atoms with Crippen LogP contribution in [0.1, 0.15) is 22.8 Å². The Labute approximate surface area is 137 Å². The predicted octanol–water partition coefficient (Wildman–Crippen LogP) is 2.52. The molecule has 0 aromatic heterocycles. The number of nitrogens with one attached hydrogen (secondary N) is 1. The SMILES string of the molecule is COc1cc(/C=N/NC(=O)c2ccc(F)cc2)ccc1OC(C)=O. The van der Waals surface area contributed by atoms with Crippen LogP contribution in [0.25, 0.3) is 0 Å². The third kappa shape index (κ3) is 4.64. The largest absolute Gasteiger partial charge is 0.493 e. The molecule has 0 heterocycles. The molecule has 0 radical (unpaired) electrons. The lowest BCUT2D eigenvalue weighted by molar-refractivity contribution is -0.132. The molecule has 0 aliphatic carbocycles. The van der Waals surface area contributed by atoms with E-state index in [1.165, 1.54) is 44.5 Å². The lowest BCUT2D eigenvalue weighted by Crippen LogP contribution is -2.17. The molecule has 0 aliphatic heterocycles. The first-order valence-corrected chi connectivity index (χ1v) is 6.95. The van der Waals surface area contributed by atoms with Gasteiger partial charge in [0.1, 0.15) is 5.82 Å². The number of methoxy groups -OCH3 is 1. The maximum Gasteiger partial charge on any atom is 0.308 e. The van der Waals surface area contributed by atoms with Crippen LogP contribution >= 0.6 is 0 Å². The predicted molar refractivity (Wildman–Crippen MR) is 85.8 cm³/mol. The molecule has 0 unspecified atom stereocenters. The van der Waals surface area contributed by atoms with Gasteiger partial charge >= 0.3 is 5.97 Å². The highest BCUT2D eigenvalue weighted by molar-refractivity contribution is 5.94. The highest BCUT2D eigenvalue weighted by Crippen LogP contribution is 2.27. The summed E-state index contributed by atoms with van der Waals surface area (Å²) in [5.74, 6) is -0.692. The maximum atomic E-state index is 12.8. The molecule has 0 spiro atoms. The second-order valence-corrected chi connectivity index (χ2v) is 4.71. The van der Waals surface area contributed by atoms with Gasteiger partial charge in [-0.3, -0.25) is 9.59 Å². The van der Waals surface area contributed by atoms with Crippen LogP contribution in [-0.4, -0.2) is 25.2 Å². The molecule has 24 heavy (non-hydrogen) atoms. The Balaban J connectivity index is 2.04. The zero-order chi connectivity index (χ0) is 17.5. The van der Waals surface area contributed by atoms with Crippen LogP contribution in [0.3, 0.4) is 0 Å². The second-order valence-electron chi connectivity index (χ2n) is 4.71. The van der Waals surface area contributed by atoms with Crippen LogP contribution in [0.15, 0.2) is 47.6 Å². The summed E-state index contributed by atoms with van der Waals surface area (Å²) >= 11 is 0.